The Bertz CT molecular complexity index is 791. The molecule has 3 saturated heterocycles. The number of hydrogen-bond donors (Lipinski definition) is 1. The van der Waals surface area contributed by atoms with Gasteiger partial charge in [0.15, 0.2) is 0 Å². The van der Waals surface area contributed by atoms with Gasteiger partial charge in [0.2, 0.25) is 11.8 Å². The molecule has 2 bridgehead atoms. The van der Waals surface area contributed by atoms with Crippen molar-refractivity contribution in [2.75, 3.05) is 32.8 Å². The lowest BCUT2D eigenvalue weighted by atomic mass is 9.70. The van der Waals surface area contributed by atoms with Crippen molar-refractivity contribution in [3.05, 3.63) is 25.3 Å². The fourth-order valence-corrected chi connectivity index (χ4v) is 6.64. The monoisotopic (exact) mass is 540 g/mol. The third-order valence-electron chi connectivity index (χ3n) is 7.14. The summed E-state index contributed by atoms with van der Waals surface area (Å²) in [7, 11) is 0. The van der Waals surface area contributed by atoms with Crippen molar-refractivity contribution in [2.45, 2.75) is 68.0 Å². The standard InChI is InChI=1S/C25H37BrN2O6/c1-4-7-12-27(11-5-2)23(31)21-25-16-17(26)20(34-25)18(24(32)33-15-6-3)19(25)22(30)28(21)13-9-8-10-14-29/h5-6,17-21,29H,2-4,7-16H2,1H3/t17?,18-,19-,20-,21?,25?/m0/s1. The van der Waals surface area contributed by atoms with E-state index in [0.29, 0.717) is 38.9 Å². The highest BCUT2D eigenvalue weighted by molar-refractivity contribution is 9.09. The van der Waals surface area contributed by atoms with Gasteiger partial charge in [-0.1, -0.05) is 48.0 Å². The Kier molecular flexibility index (Phi) is 9.34. The first-order valence-electron chi connectivity index (χ1n) is 12.3. The highest BCUT2D eigenvalue weighted by atomic mass is 79.9. The summed E-state index contributed by atoms with van der Waals surface area (Å²) in [5.41, 5.74) is -1.08. The molecule has 3 rings (SSSR count). The topological polar surface area (TPSA) is 96.4 Å². The van der Waals surface area contributed by atoms with Crippen LogP contribution in [0, 0.1) is 11.8 Å². The van der Waals surface area contributed by atoms with Crippen molar-refractivity contribution in [2.24, 2.45) is 11.8 Å². The van der Waals surface area contributed by atoms with Crippen LogP contribution in [-0.4, -0.2) is 88.1 Å². The van der Waals surface area contributed by atoms with Crippen molar-refractivity contribution >= 4 is 33.7 Å². The predicted octanol–water partition coefficient (Wildman–Crippen LogP) is 2.44. The second-order valence-corrected chi connectivity index (χ2v) is 10.5. The largest absolute Gasteiger partial charge is 0.461 e. The first-order valence-corrected chi connectivity index (χ1v) is 13.2. The Hall–Kier alpha value is -1.71. The van der Waals surface area contributed by atoms with Crippen molar-refractivity contribution in [3.63, 3.8) is 0 Å². The van der Waals surface area contributed by atoms with Crippen molar-refractivity contribution in [1.82, 2.24) is 9.80 Å². The van der Waals surface area contributed by atoms with Crippen LogP contribution in [0.3, 0.4) is 0 Å². The van der Waals surface area contributed by atoms with Gasteiger partial charge in [0.1, 0.15) is 18.2 Å². The summed E-state index contributed by atoms with van der Waals surface area (Å²) in [4.78, 5) is 44.0. The molecule has 190 valence electrons. The average Bonchev–Trinajstić information content (AvgIpc) is 3.41. The van der Waals surface area contributed by atoms with Crippen molar-refractivity contribution < 1.29 is 29.0 Å². The number of halogens is 1. The fraction of sp³-hybridized carbons (Fsp3) is 0.720. The van der Waals surface area contributed by atoms with Crippen LogP contribution >= 0.6 is 15.9 Å². The van der Waals surface area contributed by atoms with Crippen LogP contribution in [0.2, 0.25) is 0 Å². The lowest BCUT2D eigenvalue weighted by Crippen LogP contribution is -2.57. The van der Waals surface area contributed by atoms with Crippen molar-refractivity contribution in [3.8, 4) is 0 Å². The van der Waals surface area contributed by atoms with Gasteiger partial charge in [-0.2, -0.15) is 0 Å². The zero-order chi connectivity index (χ0) is 24.9. The molecule has 0 radical (unpaired) electrons. The maximum Gasteiger partial charge on any atom is 0.312 e. The molecule has 1 N–H and O–H groups in total. The zero-order valence-corrected chi connectivity index (χ0v) is 21.6. The number of amides is 2. The number of carbonyl (C=O) groups is 3. The quantitative estimate of drug-likeness (QED) is 0.157. The predicted molar refractivity (Wildman–Crippen MR) is 131 cm³/mol. The Labute approximate surface area is 210 Å². The molecule has 1 spiro atoms. The molecule has 0 aromatic carbocycles. The van der Waals surface area contributed by atoms with Gasteiger partial charge < -0.3 is 24.4 Å². The molecule has 8 nitrogen and oxygen atoms in total. The lowest BCUT2D eigenvalue weighted by molar-refractivity contribution is -0.154. The molecule has 3 unspecified atom stereocenters. The zero-order valence-electron chi connectivity index (χ0n) is 20.0. The summed E-state index contributed by atoms with van der Waals surface area (Å²) in [5.74, 6) is -2.40. The third kappa shape index (κ3) is 4.84. The first-order chi connectivity index (χ1) is 16.4. The number of fused-ring (bicyclic) bond motifs is 1. The normalized spacial score (nSPS) is 31.4. The van der Waals surface area contributed by atoms with Gasteiger partial charge in [-0.25, -0.2) is 0 Å². The molecule has 3 aliphatic heterocycles. The molecule has 0 aromatic heterocycles. The van der Waals surface area contributed by atoms with Crippen LogP contribution < -0.4 is 0 Å². The van der Waals surface area contributed by atoms with E-state index in [9.17, 15) is 14.4 Å². The smallest absolute Gasteiger partial charge is 0.312 e. The first kappa shape index (κ1) is 26.9. The van der Waals surface area contributed by atoms with E-state index >= 15 is 0 Å². The van der Waals surface area contributed by atoms with Crippen LogP contribution in [0.25, 0.3) is 0 Å². The molecular weight excluding hydrogens is 504 g/mol. The number of aliphatic hydroxyl groups excluding tert-OH is 1. The molecule has 3 heterocycles. The van der Waals surface area contributed by atoms with E-state index in [0.717, 1.165) is 19.3 Å². The third-order valence-corrected chi connectivity index (χ3v) is 7.98. The fourth-order valence-electron chi connectivity index (χ4n) is 5.70. The van der Waals surface area contributed by atoms with E-state index in [1.54, 1.807) is 15.9 Å². The minimum Gasteiger partial charge on any atom is -0.461 e. The molecule has 2 amide bonds. The van der Waals surface area contributed by atoms with E-state index in [-0.39, 0.29) is 29.9 Å². The minimum atomic E-state index is -1.08. The number of unbranched alkanes of at least 4 members (excludes halogenated alkanes) is 3. The van der Waals surface area contributed by atoms with Gasteiger partial charge in [-0.3, -0.25) is 14.4 Å². The number of carbonyl (C=O) groups excluding carboxylic acids is 3. The number of alkyl halides is 1. The number of rotatable bonds is 14. The second kappa shape index (κ2) is 11.8. The van der Waals surface area contributed by atoms with Gasteiger partial charge in [-0.05, 0) is 32.1 Å². The van der Waals surface area contributed by atoms with E-state index in [4.69, 9.17) is 14.6 Å². The number of ether oxygens (including phenoxy) is 2. The summed E-state index contributed by atoms with van der Waals surface area (Å²) in [5, 5.41) is 9.14. The van der Waals surface area contributed by atoms with Gasteiger partial charge >= 0.3 is 5.97 Å². The van der Waals surface area contributed by atoms with Crippen LogP contribution in [0.4, 0.5) is 0 Å². The Morgan fingerprint density at radius 3 is 2.71 bits per heavy atom. The molecule has 6 atom stereocenters. The molecule has 0 aliphatic carbocycles. The van der Waals surface area contributed by atoms with Crippen molar-refractivity contribution in [1.29, 1.82) is 0 Å². The van der Waals surface area contributed by atoms with Crippen LogP contribution in [-0.2, 0) is 23.9 Å². The van der Waals surface area contributed by atoms with E-state index < -0.39 is 35.6 Å². The Morgan fingerprint density at radius 2 is 2.06 bits per heavy atom. The van der Waals surface area contributed by atoms with Gasteiger partial charge in [0, 0.05) is 31.1 Å². The SMILES string of the molecule is C=CCOC(=O)[C@H]1[C@H]2C(=O)N(CCCCCO)C(C(=O)N(CC=C)CCCC)C23CC(Br)[C@@H]1O3. The molecule has 34 heavy (non-hydrogen) atoms. The maximum absolute atomic E-state index is 14.0. The summed E-state index contributed by atoms with van der Waals surface area (Å²) >= 11 is 3.65. The number of esters is 1. The molecule has 3 aliphatic rings. The van der Waals surface area contributed by atoms with Gasteiger partial charge in [0.25, 0.3) is 0 Å². The summed E-state index contributed by atoms with van der Waals surface area (Å²) in [6.07, 6.45) is 6.93. The maximum atomic E-state index is 14.0. The number of hydrogen-bond acceptors (Lipinski definition) is 6. The van der Waals surface area contributed by atoms with Crippen LogP contribution in [0.5, 0.6) is 0 Å². The second-order valence-electron chi connectivity index (χ2n) is 9.32. The van der Waals surface area contributed by atoms with E-state index in [1.165, 1.54) is 6.08 Å². The van der Waals surface area contributed by atoms with E-state index in [2.05, 4.69) is 36.0 Å². The number of nitrogens with zero attached hydrogens (tertiary/aromatic N) is 2. The summed E-state index contributed by atoms with van der Waals surface area (Å²) in [6.45, 7) is 10.9. The Morgan fingerprint density at radius 1 is 1.29 bits per heavy atom. The lowest BCUT2D eigenvalue weighted by Gasteiger charge is -2.37. The van der Waals surface area contributed by atoms with Gasteiger partial charge in [0.05, 0.1) is 17.9 Å². The molecule has 9 heteroatoms. The molecule has 0 saturated carbocycles. The van der Waals surface area contributed by atoms with Crippen LogP contribution in [0.1, 0.15) is 45.4 Å². The molecular formula is C25H37BrN2O6. The van der Waals surface area contributed by atoms with E-state index in [1.807, 2.05) is 0 Å². The summed E-state index contributed by atoms with van der Waals surface area (Å²) in [6, 6.07) is -0.807. The number of likely N-dealkylation sites (tertiary alicyclic amines) is 1. The molecule has 0 aromatic rings. The summed E-state index contributed by atoms with van der Waals surface area (Å²) < 4.78 is 11.8. The van der Waals surface area contributed by atoms with Gasteiger partial charge in [-0.15, -0.1) is 6.58 Å². The highest BCUT2D eigenvalue weighted by Gasteiger charge is 2.77. The minimum absolute atomic E-state index is 0.0558. The average molecular weight is 541 g/mol. The Balaban J connectivity index is 1.97. The number of aliphatic hydroxyl groups is 1. The highest BCUT2D eigenvalue weighted by Crippen LogP contribution is 2.60. The molecule has 3 fully saturated rings. The van der Waals surface area contributed by atoms with Crippen LogP contribution in [0.15, 0.2) is 25.3 Å².